The van der Waals surface area contributed by atoms with E-state index in [2.05, 4.69) is 49.9 Å². The molecule has 0 atom stereocenters. The summed E-state index contributed by atoms with van der Waals surface area (Å²) in [5.74, 6) is 1.51. The Hall–Kier alpha value is -1.90. The molecule has 6 nitrogen and oxygen atoms in total. The quantitative estimate of drug-likeness (QED) is 0.740. The summed E-state index contributed by atoms with van der Waals surface area (Å²) in [5.41, 5.74) is 1.74. The zero-order valence-electron chi connectivity index (χ0n) is 12.9. The molecular weight excluding hydrogens is 421 g/mol. The lowest BCUT2D eigenvalue weighted by molar-refractivity contribution is 0.0749. The standard InChI is InChI=1S/C17H16IN3O3/c18-12-3-1-10(2-4-12)11-5-13(6-11)23-17-9-19-14(8-20-17)15-7-16(22)21-24-15/h1,3,7-9,11,13H,2,4-6H2,(H,21,22). The third-order valence-electron chi connectivity index (χ3n) is 4.44. The Morgan fingerprint density at radius 3 is 2.71 bits per heavy atom. The molecule has 0 unspecified atom stereocenters. The highest BCUT2D eigenvalue weighted by molar-refractivity contribution is 14.1. The van der Waals surface area contributed by atoms with Crippen LogP contribution in [0.1, 0.15) is 25.7 Å². The third-order valence-corrected chi connectivity index (χ3v) is 5.34. The zero-order valence-corrected chi connectivity index (χ0v) is 15.0. The van der Waals surface area contributed by atoms with Crippen molar-refractivity contribution < 1.29 is 9.26 Å². The van der Waals surface area contributed by atoms with Gasteiger partial charge in [0.1, 0.15) is 11.8 Å². The van der Waals surface area contributed by atoms with Crippen LogP contribution < -0.4 is 10.3 Å². The summed E-state index contributed by atoms with van der Waals surface area (Å²) >= 11 is 2.40. The number of H-pyrrole nitrogens is 1. The van der Waals surface area contributed by atoms with Gasteiger partial charge in [-0.15, -0.1) is 0 Å². The molecule has 2 aromatic rings. The number of aromatic amines is 1. The van der Waals surface area contributed by atoms with Crippen molar-refractivity contribution in [2.24, 2.45) is 5.92 Å². The van der Waals surface area contributed by atoms with E-state index >= 15 is 0 Å². The molecular formula is C17H16IN3O3. The van der Waals surface area contributed by atoms with Crippen molar-refractivity contribution in [3.05, 3.63) is 50.1 Å². The van der Waals surface area contributed by atoms with E-state index in [1.54, 1.807) is 18.0 Å². The van der Waals surface area contributed by atoms with Crippen LogP contribution in [0.5, 0.6) is 5.88 Å². The minimum Gasteiger partial charge on any atom is -0.473 e. The van der Waals surface area contributed by atoms with Gasteiger partial charge in [0.25, 0.3) is 5.56 Å². The third kappa shape index (κ3) is 3.31. The number of nitrogens with zero attached hydrogens (tertiary/aromatic N) is 2. The molecule has 0 saturated heterocycles. The summed E-state index contributed by atoms with van der Waals surface area (Å²) in [4.78, 5) is 19.5. The summed E-state index contributed by atoms with van der Waals surface area (Å²) in [6, 6.07) is 1.34. The zero-order chi connectivity index (χ0) is 16.5. The van der Waals surface area contributed by atoms with Crippen LogP contribution in [0.2, 0.25) is 0 Å². The minimum atomic E-state index is -0.297. The maximum atomic E-state index is 11.1. The van der Waals surface area contributed by atoms with Crippen LogP contribution in [0, 0.1) is 5.92 Å². The largest absolute Gasteiger partial charge is 0.473 e. The fourth-order valence-electron chi connectivity index (χ4n) is 3.02. The highest BCUT2D eigenvalue weighted by Crippen LogP contribution is 2.40. The second-order valence-corrected chi connectivity index (χ2v) is 7.47. The Kier molecular flexibility index (Phi) is 4.26. The Morgan fingerprint density at radius 1 is 1.21 bits per heavy atom. The molecule has 0 radical (unpaired) electrons. The number of aromatic nitrogens is 3. The van der Waals surface area contributed by atoms with Gasteiger partial charge in [-0.2, -0.15) is 5.16 Å². The van der Waals surface area contributed by atoms with Gasteiger partial charge in [-0.3, -0.25) is 4.79 Å². The summed E-state index contributed by atoms with van der Waals surface area (Å²) in [7, 11) is 0. The monoisotopic (exact) mass is 437 g/mol. The lowest BCUT2D eigenvalue weighted by Gasteiger charge is -2.37. The van der Waals surface area contributed by atoms with Gasteiger partial charge in [-0.25, -0.2) is 9.97 Å². The molecule has 2 heterocycles. The minimum absolute atomic E-state index is 0.200. The maximum Gasteiger partial charge on any atom is 0.280 e. The predicted octanol–water partition coefficient (Wildman–Crippen LogP) is 3.62. The van der Waals surface area contributed by atoms with E-state index in [0.29, 0.717) is 23.3 Å². The van der Waals surface area contributed by atoms with E-state index in [-0.39, 0.29) is 11.7 Å². The summed E-state index contributed by atoms with van der Waals surface area (Å²) < 4.78 is 12.3. The lowest BCUT2D eigenvalue weighted by atomic mass is 9.75. The first-order chi connectivity index (χ1) is 11.7. The van der Waals surface area contributed by atoms with Gasteiger partial charge in [-0.1, -0.05) is 17.7 Å². The van der Waals surface area contributed by atoms with Crippen LogP contribution in [0.4, 0.5) is 0 Å². The molecule has 0 aromatic carbocycles. The molecule has 2 aliphatic carbocycles. The van der Waals surface area contributed by atoms with Crippen molar-refractivity contribution >= 4 is 22.6 Å². The van der Waals surface area contributed by atoms with Crippen LogP contribution in [-0.4, -0.2) is 21.2 Å². The summed E-state index contributed by atoms with van der Waals surface area (Å²) in [6.45, 7) is 0. The molecule has 2 aromatic heterocycles. The number of rotatable bonds is 4. The lowest BCUT2D eigenvalue weighted by Crippen LogP contribution is -2.35. The fraction of sp³-hybridized carbons (Fsp3) is 0.353. The average Bonchev–Trinajstić information content (AvgIpc) is 2.99. The number of hydrogen-bond donors (Lipinski definition) is 1. The van der Waals surface area contributed by atoms with Crippen LogP contribution >= 0.6 is 22.6 Å². The molecule has 4 rings (SSSR count). The second kappa shape index (κ2) is 6.54. The van der Waals surface area contributed by atoms with Crippen LogP contribution in [0.25, 0.3) is 11.5 Å². The number of ether oxygens (including phenoxy) is 1. The van der Waals surface area contributed by atoms with Gasteiger partial charge < -0.3 is 9.26 Å². The molecule has 0 bridgehead atoms. The Bertz CT molecular complexity index is 844. The highest BCUT2D eigenvalue weighted by atomic mass is 127. The summed E-state index contributed by atoms with van der Waals surface area (Å²) in [6.07, 6.45) is 12.2. The van der Waals surface area contributed by atoms with Gasteiger partial charge >= 0.3 is 0 Å². The van der Waals surface area contributed by atoms with Gasteiger partial charge in [0.05, 0.1) is 18.5 Å². The van der Waals surface area contributed by atoms with Gasteiger partial charge in [0.15, 0.2) is 5.76 Å². The van der Waals surface area contributed by atoms with E-state index < -0.39 is 0 Å². The molecule has 2 aliphatic rings. The van der Waals surface area contributed by atoms with Crippen molar-refractivity contribution in [2.45, 2.75) is 31.8 Å². The van der Waals surface area contributed by atoms with Crippen LogP contribution in [0.15, 0.2) is 49.1 Å². The van der Waals surface area contributed by atoms with Crippen molar-refractivity contribution in [3.63, 3.8) is 0 Å². The first-order valence-corrected chi connectivity index (χ1v) is 8.98. The first-order valence-electron chi connectivity index (χ1n) is 7.90. The van der Waals surface area contributed by atoms with Crippen molar-refractivity contribution in [3.8, 4) is 17.3 Å². The molecule has 1 fully saturated rings. The van der Waals surface area contributed by atoms with E-state index in [1.165, 1.54) is 16.1 Å². The predicted molar refractivity (Wildman–Crippen MR) is 96.9 cm³/mol. The number of hydrogen-bond acceptors (Lipinski definition) is 5. The molecule has 24 heavy (non-hydrogen) atoms. The molecule has 124 valence electrons. The number of nitrogens with one attached hydrogen (secondary N) is 1. The van der Waals surface area contributed by atoms with Gasteiger partial charge in [-0.05, 0) is 57.8 Å². The fourth-order valence-corrected chi connectivity index (χ4v) is 3.47. The number of halogens is 1. The molecule has 0 spiro atoms. The molecule has 0 aliphatic heterocycles. The maximum absolute atomic E-state index is 11.1. The van der Waals surface area contributed by atoms with Crippen LogP contribution in [0.3, 0.4) is 0 Å². The Morgan fingerprint density at radius 2 is 2.08 bits per heavy atom. The van der Waals surface area contributed by atoms with Crippen LogP contribution in [-0.2, 0) is 0 Å². The Labute approximate surface area is 152 Å². The normalized spacial score (nSPS) is 23.2. The van der Waals surface area contributed by atoms with Gasteiger partial charge in [0.2, 0.25) is 5.88 Å². The van der Waals surface area contributed by atoms with E-state index in [9.17, 15) is 4.79 Å². The highest BCUT2D eigenvalue weighted by Gasteiger charge is 2.33. The Balaban J connectivity index is 1.33. The van der Waals surface area contributed by atoms with Gasteiger partial charge in [0, 0.05) is 0 Å². The first kappa shape index (κ1) is 15.6. The van der Waals surface area contributed by atoms with Crippen molar-refractivity contribution in [1.29, 1.82) is 0 Å². The van der Waals surface area contributed by atoms with E-state index in [4.69, 9.17) is 9.26 Å². The molecule has 1 saturated carbocycles. The second-order valence-electron chi connectivity index (χ2n) is 6.08. The van der Waals surface area contributed by atoms with Crippen molar-refractivity contribution in [1.82, 2.24) is 15.1 Å². The topological polar surface area (TPSA) is 81.0 Å². The average molecular weight is 437 g/mol. The molecule has 0 amide bonds. The molecule has 7 heteroatoms. The SMILES string of the molecule is O=c1cc(-c2cnc(OC3CC(C4=CC=C(I)CC4)C3)cn2)o[nH]1. The van der Waals surface area contributed by atoms with E-state index in [0.717, 1.165) is 19.3 Å². The molecule has 1 N–H and O–H groups in total. The smallest absolute Gasteiger partial charge is 0.280 e. The summed E-state index contributed by atoms with van der Waals surface area (Å²) in [5, 5.41) is 2.23. The van der Waals surface area contributed by atoms with E-state index in [1.807, 2.05) is 0 Å². The number of allylic oxidation sites excluding steroid dienone is 4. The van der Waals surface area contributed by atoms with Crippen molar-refractivity contribution in [2.75, 3.05) is 0 Å².